The molecule has 0 unspecified atom stereocenters. The zero-order valence-electron chi connectivity index (χ0n) is 19.6. The van der Waals surface area contributed by atoms with Crippen molar-refractivity contribution in [1.29, 1.82) is 0 Å². The van der Waals surface area contributed by atoms with E-state index in [-0.39, 0.29) is 26.5 Å². The van der Waals surface area contributed by atoms with Crippen LogP contribution in [0.25, 0.3) is 22.6 Å². The number of hydrogen-bond acceptors (Lipinski definition) is 5. The van der Waals surface area contributed by atoms with E-state index in [0.29, 0.717) is 33.7 Å². The summed E-state index contributed by atoms with van der Waals surface area (Å²) in [6, 6.07) is 14.2. The summed E-state index contributed by atoms with van der Waals surface area (Å²) in [5.74, 6) is 0.519. The van der Waals surface area contributed by atoms with Gasteiger partial charge in [0.15, 0.2) is 10.7 Å². The molecule has 10 heteroatoms. The van der Waals surface area contributed by atoms with Crippen LogP contribution >= 0.6 is 47.0 Å². The van der Waals surface area contributed by atoms with Crippen molar-refractivity contribution in [3.05, 3.63) is 74.7 Å². The average Bonchev–Trinajstić information content (AvgIpc) is 3.27. The molecule has 0 aliphatic heterocycles. The van der Waals surface area contributed by atoms with Crippen LogP contribution in [0.5, 0.6) is 5.75 Å². The minimum atomic E-state index is -0.544. The first-order valence-corrected chi connectivity index (χ1v) is 12.6. The van der Waals surface area contributed by atoms with Gasteiger partial charge in [0.05, 0.1) is 28.4 Å². The highest BCUT2D eigenvalue weighted by molar-refractivity contribution is 7.80. The Bertz CT molecular complexity index is 1470. The van der Waals surface area contributed by atoms with Crippen molar-refractivity contribution in [2.24, 2.45) is 0 Å². The summed E-state index contributed by atoms with van der Waals surface area (Å²) in [5, 5.41) is 6.45. The van der Waals surface area contributed by atoms with Gasteiger partial charge < -0.3 is 14.5 Å². The summed E-state index contributed by atoms with van der Waals surface area (Å²) in [6.07, 6.45) is 1.04. The molecule has 0 bridgehead atoms. The molecule has 6 nitrogen and oxygen atoms in total. The fourth-order valence-corrected chi connectivity index (χ4v) is 4.56. The van der Waals surface area contributed by atoms with E-state index in [1.807, 2.05) is 12.1 Å². The smallest absolute Gasteiger partial charge is 0.261 e. The molecule has 2 N–H and O–H groups in total. The van der Waals surface area contributed by atoms with Gasteiger partial charge in [-0.1, -0.05) is 54.7 Å². The Hall–Kier alpha value is -2.84. The number of benzene rings is 3. The number of anilines is 1. The Morgan fingerprint density at radius 1 is 1.11 bits per heavy atom. The molecule has 0 saturated heterocycles. The number of nitrogens with zero attached hydrogens (tertiary/aromatic N) is 1. The highest BCUT2D eigenvalue weighted by Gasteiger charge is 2.19. The molecular formula is C26H22Cl3N3O3S. The number of halogens is 3. The Balaban J connectivity index is 1.55. The molecule has 1 amide bonds. The first-order valence-electron chi connectivity index (χ1n) is 11.1. The highest BCUT2D eigenvalue weighted by atomic mass is 35.5. The van der Waals surface area contributed by atoms with E-state index in [0.717, 1.165) is 11.9 Å². The van der Waals surface area contributed by atoms with Crippen LogP contribution in [0.4, 0.5) is 5.69 Å². The number of carbonyl (C=O) groups is 1. The van der Waals surface area contributed by atoms with E-state index in [4.69, 9.17) is 56.2 Å². The number of carbonyl (C=O) groups excluding carboxylic acids is 1. The van der Waals surface area contributed by atoms with Gasteiger partial charge in [-0.05, 0) is 72.6 Å². The fraction of sp³-hybridized carbons (Fsp3) is 0.192. The second kappa shape index (κ2) is 11.0. The zero-order chi connectivity index (χ0) is 26.0. The van der Waals surface area contributed by atoms with Crippen molar-refractivity contribution in [2.75, 3.05) is 12.4 Å². The maximum atomic E-state index is 12.8. The van der Waals surface area contributed by atoms with Gasteiger partial charge in [0.2, 0.25) is 5.89 Å². The topological polar surface area (TPSA) is 76.4 Å². The lowest BCUT2D eigenvalue weighted by Crippen LogP contribution is -2.34. The van der Waals surface area contributed by atoms with E-state index in [1.54, 1.807) is 18.2 Å². The Labute approximate surface area is 228 Å². The minimum Gasteiger partial charge on any atom is -0.494 e. The number of amides is 1. The van der Waals surface area contributed by atoms with Gasteiger partial charge >= 0.3 is 0 Å². The van der Waals surface area contributed by atoms with Crippen LogP contribution in [0.15, 0.2) is 52.9 Å². The summed E-state index contributed by atoms with van der Waals surface area (Å²) < 4.78 is 11.2. The van der Waals surface area contributed by atoms with Crippen molar-refractivity contribution in [2.45, 2.75) is 26.2 Å². The van der Waals surface area contributed by atoms with Gasteiger partial charge in [-0.25, -0.2) is 4.98 Å². The Morgan fingerprint density at radius 2 is 1.89 bits per heavy atom. The zero-order valence-corrected chi connectivity index (χ0v) is 22.7. The maximum Gasteiger partial charge on any atom is 0.261 e. The van der Waals surface area contributed by atoms with Crippen molar-refractivity contribution in [3.8, 4) is 17.2 Å². The first-order chi connectivity index (χ1) is 17.2. The molecular weight excluding hydrogens is 541 g/mol. The van der Waals surface area contributed by atoms with Gasteiger partial charge in [-0.15, -0.1) is 0 Å². The monoisotopic (exact) mass is 561 g/mol. The van der Waals surface area contributed by atoms with Crippen LogP contribution in [0.2, 0.25) is 15.1 Å². The van der Waals surface area contributed by atoms with Gasteiger partial charge in [0, 0.05) is 10.6 Å². The highest BCUT2D eigenvalue weighted by Crippen LogP contribution is 2.33. The molecule has 0 aliphatic rings. The number of nitrogens with one attached hydrogen (secondary N) is 2. The molecule has 1 atom stereocenters. The van der Waals surface area contributed by atoms with Gasteiger partial charge in [0.1, 0.15) is 11.3 Å². The number of rotatable bonds is 6. The summed E-state index contributed by atoms with van der Waals surface area (Å²) in [6.45, 7) is 4.33. The number of ether oxygens (including phenoxy) is 1. The van der Waals surface area contributed by atoms with E-state index in [1.165, 1.54) is 24.8 Å². The third-order valence-electron chi connectivity index (χ3n) is 5.74. The average molecular weight is 563 g/mol. The number of thiocarbonyl (C=S) groups is 1. The summed E-state index contributed by atoms with van der Waals surface area (Å²) in [4.78, 5) is 17.5. The minimum absolute atomic E-state index is 0.0213. The predicted octanol–water partition coefficient (Wildman–Crippen LogP) is 8.10. The van der Waals surface area contributed by atoms with Crippen molar-refractivity contribution in [1.82, 2.24) is 10.3 Å². The van der Waals surface area contributed by atoms with E-state index < -0.39 is 5.91 Å². The second-order valence-corrected chi connectivity index (χ2v) is 9.79. The van der Waals surface area contributed by atoms with E-state index in [9.17, 15) is 4.79 Å². The molecule has 0 aliphatic carbocycles. The molecule has 4 rings (SSSR count). The molecule has 0 fully saturated rings. The molecule has 36 heavy (non-hydrogen) atoms. The molecule has 1 heterocycles. The van der Waals surface area contributed by atoms with Gasteiger partial charge in [-0.2, -0.15) is 0 Å². The third kappa shape index (κ3) is 5.60. The Kier molecular flexibility index (Phi) is 8.05. The van der Waals surface area contributed by atoms with Crippen molar-refractivity contribution in [3.63, 3.8) is 0 Å². The molecule has 0 spiro atoms. The lowest BCUT2D eigenvalue weighted by atomic mass is 9.98. The lowest BCUT2D eigenvalue weighted by Gasteiger charge is -2.14. The first kappa shape index (κ1) is 26.2. The molecule has 0 saturated carbocycles. The van der Waals surface area contributed by atoms with Crippen LogP contribution in [-0.4, -0.2) is 23.1 Å². The van der Waals surface area contributed by atoms with Crippen molar-refractivity contribution >= 4 is 74.8 Å². The number of hydrogen-bond donors (Lipinski definition) is 2. The fourth-order valence-electron chi connectivity index (χ4n) is 3.62. The third-order valence-corrected chi connectivity index (χ3v) is 6.77. The summed E-state index contributed by atoms with van der Waals surface area (Å²) in [5.41, 5.74) is 3.99. The van der Waals surface area contributed by atoms with Gasteiger partial charge in [0.25, 0.3) is 5.91 Å². The van der Waals surface area contributed by atoms with Crippen molar-refractivity contribution < 1.29 is 13.9 Å². The SMILES string of the molecule is CC[C@@H](C)c1ccc2oc(-c3ccc(Cl)c(NC(=S)NC(=O)c4cc(Cl)cc(Cl)c4OC)c3)nc2c1. The standard InChI is InChI=1S/C26H22Cl3N3O3S/c1-4-13(2)14-6-8-22-21(9-14)30-25(35-22)15-5-7-18(28)20(10-15)31-26(36)32-24(33)17-11-16(27)12-19(29)23(17)34-3/h5-13H,4H2,1-3H3,(H2,31,32,33,36)/t13-/m1/s1. The molecule has 1 aromatic heterocycles. The number of oxazole rings is 1. The van der Waals surface area contributed by atoms with Crippen LogP contribution in [0.3, 0.4) is 0 Å². The quantitative estimate of drug-likeness (QED) is 0.231. The number of aromatic nitrogens is 1. The van der Waals surface area contributed by atoms with Crippen LogP contribution in [0.1, 0.15) is 42.1 Å². The van der Waals surface area contributed by atoms with Crippen LogP contribution < -0.4 is 15.4 Å². The van der Waals surface area contributed by atoms with Gasteiger partial charge in [-0.3, -0.25) is 10.1 Å². The molecule has 186 valence electrons. The summed E-state index contributed by atoms with van der Waals surface area (Å²) in [7, 11) is 1.41. The number of methoxy groups -OCH3 is 1. The van der Waals surface area contributed by atoms with Crippen LogP contribution in [-0.2, 0) is 0 Å². The van der Waals surface area contributed by atoms with E-state index in [2.05, 4.69) is 35.5 Å². The summed E-state index contributed by atoms with van der Waals surface area (Å²) >= 11 is 23.9. The number of fused-ring (bicyclic) bond motifs is 1. The molecule has 3 aromatic carbocycles. The van der Waals surface area contributed by atoms with E-state index >= 15 is 0 Å². The largest absolute Gasteiger partial charge is 0.494 e. The predicted molar refractivity (Wildman–Crippen MR) is 150 cm³/mol. The molecule has 4 aromatic rings. The van der Waals surface area contributed by atoms with Crippen LogP contribution in [0, 0.1) is 0 Å². The maximum absolute atomic E-state index is 12.8. The lowest BCUT2D eigenvalue weighted by molar-refractivity contribution is 0.0974. The second-order valence-electron chi connectivity index (χ2n) is 8.13. The Morgan fingerprint density at radius 3 is 2.61 bits per heavy atom. The molecule has 0 radical (unpaired) electrons. The normalized spacial score (nSPS) is 11.8.